The molecule has 0 spiro atoms. The Hall–Kier alpha value is -2.22. The summed E-state index contributed by atoms with van der Waals surface area (Å²) in [6.45, 7) is -0.279. The molecular formula is C14H11ClF3NO4. The van der Waals surface area contributed by atoms with E-state index in [1.165, 1.54) is 0 Å². The second-order valence-corrected chi connectivity index (χ2v) is 5.32. The number of hydrogen-bond acceptors (Lipinski definition) is 2. The number of nitrogens with zero attached hydrogens (tertiary/aromatic N) is 1. The molecule has 0 aliphatic carbocycles. The van der Waals surface area contributed by atoms with Crippen molar-refractivity contribution in [2.75, 3.05) is 13.1 Å². The molecule has 1 aliphatic heterocycles. The Balaban J connectivity index is 2.47. The van der Waals surface area contributed by atoms with E-state index in [0.29, 0.717) is 0 Å². The molecular weight excluding hydrogens is 339 g/mol. The van der Waals surface area contributed by atoms with Crippen LogP contribution in [0.4, 0.5) is 18.0 Å². The maximum Gasteiger partial charge on any atom is 0.417 e. The van der Waals surface area contributed by atoms with Crippen LogP contribution < -0.4 is 0 Å². The van der Waals surface area contributed by atoms with Gasteiger partial charge in [-0.2, -0.15) is 13.2 Å². The number of halogens is 4. The van der Waals surface area contributed by atoms with Gasteiger partial charge in [0.15, 0.2) is 0 Å². The Morgan fingerprint density at radius 1 is 1.22 bits per heavy atom. The van der Waals surface area contributed by atoms with Crippen molar-refractivity contribution in [1.82, 2.24) is 4.90 Å². The van der Waals surface area contributed by atoms with Crippen LogP contribution in [0.5, 0.6) is 0 Å². The summed E-state index contributed by atoms with van der Waals surface area (Å²) < 4.78 is 38.1. The SMILES string of the molecule is O=C(O)C1=C(c2ccc(C(F)(F)F)c(Cl)c2)CCN(C(=O)O)C1. The number of hydrogen-bond donors (Lipinski definition) is 2. The average molecular weight is 350 g/mol. The lowest BCUT2D eigenvalue weighted by Gasteiger charge is -2.27. The number of carbonyl (C=O) groups is 2. The smallest absolute Gasteiger partial charge is 0.417 e. The third-order valence-corrected chi connectivity index (χ3v) is 3.81. The standard InChI is InChI=1S/C14H11ClF3NO4/c15-11-5-7(1-2-10(11)14(16,17)18)8-3-4-19(13(22)23)6-9(8)12(20)21/h1-2,5H,3-4,6H2,(H,20,21)(H,22,23). The van der Waals surface area contributed by atoms with Gasteiger partial charge in [-0.05, 0) is 29.7 Å². The summed E-state index contributed by atoms with van der Waals surface area (Å²) in [7, 11) is 0. The van der Waals surface area contributed by atoms with E-state index in [-0.39, 0.29) is 36.2 Å². The molecule has 1 aliphatic rings. The summed E-state index contributed by atoms with van der Waals surface area (Å²) in [5.41, 5.74) is -0.658. The van der Waals surface area contributed by atoms with E-state index >= 15 is 0 Å². The van der Waals surface area contributed by atoms with Crippen molar-refractivity contribution in [3.8, 4) is 0 Å². The van der Waals surface area contributed by atoms with E-state index in [1.54, 1.807) is 0 Å². The van der Waals surface area contributed by atoms with Crippen molar-refractivity contribution in [2.45, 2.75) is 12.6 Å². The summed E-state index contributed by atoms with van der Waals surface area (Å²) in [6.07, 6.45) is -5.78. The van der Waals surface area contributed by atoms with Crippen LogP contribution in [-0.4, -0.2) is 40.3 Å². The lowest BCUT2D eigenvalue weighted by molar-refractivity contribution is -0.137. The van der Waals surface area contributed by atoms with Crippen molar-refractivity contribution in [1.29, 1.82) is 0 Å². The zero-order chi connectivity index (χ0) is 17.4. The largest absolute Gasteiger partial charge is 0.478 e. The van der Waals surface area contributed by atoms with Crippen molar-refractivity contribution < 1.29 is 33.0 Å². The molecule has 23 heavy (non-hydrogen) atoms. The Morgan fingerprint density at radius 3 is 2.35 bits per heavy atom. The number of alkyl halides is 3. The molecule has 2 rings (SSSR count). The molecule has 0 saturated carbocycles. The molecule has 2 N–H and O–H groups in total. The van der Waals surface area contributed by atoms with Gasteiger partial charge in [-0.3, -0.25) is 0 Å². The first-order valence-corrected chi connectivity index (χ1v) is 6.79. The molecule has 5 nitrogen and oxygen atoms in total. The lowest BCUT2D eigenvalue weighted by atomic mass is 9.93. The topological polar surface area (TPSA) is 77.8 Å². The molecule has 1 heterocycles. The average Bonchev–Trinajstić information content (AvgIpc) is 2.44. The second kappa shape index (κ2) is 6.11. The van der Waals surface area contributed by atoms with Crippen LogP contribution in [0.2, 0.25) is 5.02 Å². The monoisotopic (exact) mass is 349 g/mol. The minimum atomic E-state index is -4.60. The van der Waals surface area contributed by atoms with Gasteiger partial charge in [0.05, 0.1) is 22.7 Å². The number of carboxylic acid groups (broad SMARTS) is 2. The van der Waals surface area contributed by atoms with Crippen LogP contribution in [0, 0.1) is 0 Å². The fourth-order valence-electron chi connectivity index (χ4n) is 2.37. The van der Waals surface area contributed by atoms with Crippen LogP contribution in [0.15, 0.2) is 23.8 Å². The third kappa shape index (κ3) is 3.58. The molecule has 9 heteroatoms. The fourth-order valence-corrected chi connectivity index (χ4v) is 2.66. The summed E-state index contributed by atoms with van der Waals surface area (Å²) in [4.78, 5) is 23.2. The van der Waals surface area contributed by atoms with Crippen molar-refractivity contribution in [2.24, 2.45) is 0 Å². The normalized spacial score (nSPS) is 15.7. The van der Waals surface area contributed by atoms with E-state index in [2.05, 4.69) is 0 Å². The Kier molecular flexibility index (Phi) is 4.56. The lowest BCUT2D eigenvalue weighted by Crippen LogP contribution is -2.37. The Bertz CT molecular complexity index is 700. The predicted molar refractivity (Wildman–Crippen MR) is 75.2 cm³/mol. The Labute approximate surface area is 133 Å². The molecule has 0 fully saturated rings. The molecule has 0 radical (unpaired) electrons. The number of benzene rings is 1. The van der Waals surface area contributed by atoms with Gasteiger partial charge in [0.25, 0.3) is 0 Å². The summed E-state index contributed by atoms with van der Waals surface area (Å²) in [5, 5.41) is 17.6. The van der Waals surface area contributed by atoms with E-state index in [4.69, 9.17) is 16.7 Å². The first kappa shape index (κ1) is 17.1. The number of carboxylic acids is 1. The van der Waals surface area contributed by atoms with Gasteiger partial charge in [-0.25, -0.2) is 9.59 Å². The molecule has 0 bridgehead atoms. The van der Waals surface area contributed by atoms with Gasteiger partial charge in [0, 0.05) is 6.54 Å². The van der Waals surface area contributed by atoms with Crippen LogP contribution in [0.1, 0.15) is 17.5 Å². The highest BCUT2D eigenvalue weighted by molar-refractivity contribution is 6.31. The predicted octanol–water partition coefficient (Wildman–Crippen LogP) is 3.58. The first-order valence-electron chi connectivity index (χ1n) is 6.41. The van der Waals surface area contributed by atoms with Gasteiger partial charge in [-0.1, -0.05) is 17.7 Å². The number of rotatable bonds is 2. The fraction of sp³-hybridized carbons (Fsp3) is 0.286. The van der Waals surface area contributed by atoms with Gasteiger partial charge in [-0.15, -0.1) is 0 Å². The molecule has 1 aromatic carbocycles. The minimum absolute atomic E-state index is 0.0556. The highest BCUT2D eigenvalue weighted by Crippen LogP contribution is 2.37. The molecule has 0 atom stereocenters. The van der Waals surface area contributed by atoms with Gasteiger partial charge >= 0.3 is 18.2 Å². The molecule has 1 aromatic rings. The molecule has 0 unspecified atom stereocenters. The van der Waals surface area contributed by atoms with Crippen LogP contribution in [-0.2, 0) is 11.0 Å². The van der Waals surface area contributed by atoms with Gasteiger partial charge in [0.1, 0.15) is 0 Å². The third-order valence-electron chi connectivity index (χ3n) is 3.50. The highest BCUT2D eigenvalue weighted by Gasteiger charge is 2.34. The highest BCUT2D eigenvalue weighted by atomic mass is 35.5. The maximum atomic E-state index is 12.7. The number of amides is 1. The summed E-state index contributed by atoms with van der Waals surface area (Å²) in [5.74, 6) is -1.32. The summed E-state index contributed by atoms with van der Waals surface area (Å²) in [6, 6.07) is 2.98. The zero-order valence-corrected chi connectivity index (χ0v) is 12.3. The number of aliphatic carboxylic acids is 1. The van der Waals surface area contributed by atoms with Crippen molar-refractivity contribution in [3.63, 3.8) is 0 Å². The zero-order valence-electron chi connectivity index (χ0n) is 11.5. The van der Waals surface area contributed by atoms with Crippen molar-refractivity contribution in [3.05, 3.63) is 39.9 Å². The maximum absolute atomic E-state index is 12.7. The minimum Gasteiger partial charge on any atom is -0.478 e. The van der Waals surface area contributed by atoms with E-state index < -0.39 is 28.8 Å². The molecule has 0 saturated heterocycles. The van der Waals surface area contributed by atoms with Crippen LogP contribution in [0.3, 0.4) is 0 Å². The second-order valence-electron chi connectivity index (χ2n) is 4.91. The van der Waals surface area contributed by atoms with Crippen LogP contribution >= 0.6 is 11.6 Å². The molecule has 124 valence electrons. The van der Waals surface area contributed by atoms with Crippen molar-refractivity contribution >= 4 is 29.2 Å². The summed E-state index contributed by atoms with van der Waals surface area (Å²) >= 11 is 5.65. The van der Waals surface area contributed by atoms with Gasteiger partial charge in [0.2, 0.25) is 0 Å². The quantitative estimate of drug-likeness (QED) is 0.855. The van der Waals surface area contributed by atoms with Crippen LogP contribution in [0.25, 0.3) is 5.57 Å². The van der Waals surface area contributed by atoms with Gasteiger partial charge < -0.3 is 15.1 Å². The van der Waals surface area contributed by atoms with E-state index in [0.717, 1.165) is 23.1 Å². The molecule has 0 aromatic heterocycles. The van der Waals surface area contributed by atoms with E-state index in [1.807, 2.05) is 0 Å². The Morgan fingerprint density at radius 2 is 1.87 bits per heavy atom. The first-order chi connectivity index (χ1) is 10.6. The van der Waals surface area contributed by atoms with E-state index in [9.17, 15) is 27.9 Å². The molecule has 1 amide bonds.